The molecule has 0 unspecified atom stereocenters. The van der Waals surface area contributed by atoms with E-state index in [2.05, 4.69) is 5.32 Å². The molecular weight excluding hydrogens is 405 g/mol. The molecule has 0 aliphatic rings. The van der Waals surface area contributed by atoms with Gasteiger partial charge in [0.25, 0.3) is 15.9 Å². The number of hydrogen-bond donors (Lipinski definition) is 2. The molecular formula is C17H16ClF3N2O3S. The van der Waals surface area contributed by atoms with Crippen molar-refractivity contribution in [3.63, 3.8) is 0 Å². The van der Waals surface area contributed by atoms with E-state index in [0.717, 1.165) is 18.2 Å². The summed E-state index contributed by atoms with van der Waals surface area (Å²) in [4.78, 5) is 11.7. The molecule has 0 saturated carbocycles. The molecule has 10 heteroatoms. The maximum atomic E-state index is 13.2. The maximum absolute atomic E-state index is 13.2. The third-order valence-electron chi connectivity index (χ3n) is 3.63. The fourth-order valence-corrected chi connectivity index (χ4v) is 3.59. The summed E-state index contributed by atoms with van der Waals surface area (Å²) in [5, 5.41) is 2.37. The van der Waals surface area contributed by atoms with Crippen LogP contribution in [0.2, 0.25) is 5.02 Å². The molecule has 0 heterocycles. The molecule has 1 amide bonds. The molecule has 0 spiro atoms. The SMILES string of the molecule is CCNC(=O)c1cc(S(=O)(=O)Nc2ccc(Cl)cc2C(F)(F)F)ccc1C. The maximum Gasteiger partial charge on any atom is 0.418 e. The lowest BCUT2D eigenvalue weighted by Gasteiger charge is -2.16. The Morgan fingerprint density at radius 1 is 1.15 bits per heavy atom. The number of alkyl halides is 3. The number of halogens is 4. The van der Waals surface area contributed by atoms with E-state index in [4.69, 9.17) is 11.6 Å². The van der Waals surface area contributed by atoms with Gasteiger partial charge in [-0.25, -0.2) is 8.42 Å². The van der Waals surface area contributed by atoms with Crippen LogP contribution in [0.5, 0.6) is 0 Å². The Morgan fingerprint density at radius 2 is 1.81 bits per heavy atom. The summed E-state index contributed by atoms with van der Waals surface area (Å²) >= 11 is 5.59. The average Bonchev–Trinajstić information content (AvgIpc) is 2.55. The van der Waals surface area contributed by atoms with Gasteiger partial charge >= 0.3 is 6.18 Å². The summed E-state index contributed by atoms with van der Waals surface area (Å²) in [5.74, 6) is -0.477. The lowest BCUT2D eigenvalue weighted by atomic mass is 10.1. The first-order chi connectivity index (χ1) is 12.5. The minimum absolute atomic E-state index is 0.117. The molecule has 0 aliphatic carbocycles. The molecule has 2 rings (SSSR count). The molecule has 0 atom stereocenters. The van der Waals surface area contributed by atoms with Crippen LogP contribution in [0.15, 0.2) is 41.3 Å². The van der Waals surface area contributed by atoms with E-state index in [1.165, 1.54) is 12.1 Å². The van der Waals surface area contributed by atoms with Crippen LogP contribution < -0.4 is 10.0 Å². The fraction of sp³-hybridized carbons (Fsp3) is 0.235. The highest BCUT2D eigenvalue weighted by atomic mass is 35.5. The van der Waals surface area contributed by atoms with Crippen LogP contribution in [0.1, 0.15) is 28.4 Å². The Bertz CT molecular complexity index is 976. The van der Waals surface area contributed by atoms with Gasteiger partial charge in [0.1, 0.15) is 0 Å². The van der Waals surface area contributed by atoms with Gasteiger partial charge in [0, 0.05) is 17.1 Å². The Balaban J connectivity index is 2.47. The third kappa shape index (κ3) is 4.92. The van der Waals surface area contributed by atoms with E-state index in [-0.39, 0.29) is 15.5 Å². The summed E-state index contributed by atoms with van der Waals surface area (Å²) < 4.78 is 66.6. The average molecular weight is 421 g/mol. The molecule has 27 heavy (non-hydrogen) atoms. The zero-order valence-corrected chi connectivity index (χ0v) is 15.9. The Morgan fingerprint density at radius 3 is 2.41 bits per heavy atom. The van der Waals surface area contributed by atoms with Gasteiger partial charge in [-0.15, -0.1) is 0 Å². The summed E-state index contributed by atoms with van der Waals surface area (Å²) in [7, 11) is -4.37. The number of carbonyl (C=O) groups is 1. The standard InChI is InChI=1S/C17H16ClF3N2O3S/c1-3-22-16(24)13-9-12(6-4-10(13)2)27(25,26)23-15-7-5-11(18)8-14(15)17(19,20)21/h4-9,23H,3H2,1-2H3,(H,22,24). The van der Waals surface area contributed by atoms with Gasteiger partial charge < -0.3 is 5.32 Å². The topological polar surface area (TPSA) is 75.3 Å². The number of anilines is 1. The molecule has 2 aromatic rings. The van der Waals surface area contributed by atoms with E-state index in [9.17, 15) is 26.4 Å². The van der Waals surface area contributed by atoms with E-state index >= 15 is 0 Å². The van der Waals surface area contributed by atoms with Crippen LogP contribution in [0.25, 0.3) is 0 Å². The molecule has 0 radical (unpaired) electrons. The molecule has 2 aromatic carbocycles. The van der Waals surface area contributed by atoms with Gasteiger partial charge in [-0.2, -0.15) is 13.2 Å². The summed E-state index contributed by atoms with van der Waals surface area (Å²) in [5.41, 5.74) is -1.23. The Kier molecular flexibility index (Phi) is 6.06. The second-order valence-corrected chi connectivity index (χ2v) is 7.75. The highest BCUT2D eigenvalue weighted by molar-refractivity contribution is 7.92. The first-order valence-corrected chi connectivity index (χ1v) is 9.60. The van der Waals surface area contributed by atoms with E-state index in [1.807, 2.05) is 4.72 Å². The molecule has 0 aromatic heterocycles. The van der Waals surface area contributed by atoms with Crippen molar-refractivity contribution < 1.29 is 26.4 Å². The van der Waals surface area contributed by atoms with Crippen molar-refractivity contribution in [1.82, 2.24) is 5.32 Å². The summed E-state index contributed by atoms with van der Waals surface area (Å²) in [6.45, 7) is 3.66. The van der Waals surface area contributed by atoms with Crippen molar-refractivity contribution in [3.8, 4) is 0 Å². The van der Waals surface area contributed by atoms with Crippen molar-refractivity contribution in [3.05, 3.63) is 58.1 Å². The predicted molar refractivity (Wildman–Crippen MR) is 96.4 cm³/mol. The normalized spacial score (nSPS) is 11.9. The van der Waals surface area contributed by atoms with Gasteiger partial charge in [-0.1, -0.05) is 17.7 Å². The summed E-state index contributed by atoms with van der Waals surface area (Å²) in [6, 6.07) is 6.45. The number of benzene rings is 2. The van der Waals surface area contributed by atoms with Crippen LogP contribution in [0.3, 0.4) is 0 Å². The molecule has 5 nitrogen and oxygen atoms in total. The third-order valence-corrected chi connectivity index (χ3v) is 5.23. The van der Waals surface area contributed by atoms with Gasteiger partial charge in [-0.3, -0.25) is 9.52 Å². The monoisotopic (exact) mass is 420 g/mol. The van der Waals surface area contributed by atoms with Crippen molar-refractivity contribution in [2.75, 3.05) is 11.3 Å². The molecule has 0 fully saturated rings. The van der Waals surface area contributed by atoms with E-state index < -0.39 is 33.4 Å². The predicted octanol–water partition coefficient (Wildman–Crippen LogP) is 4.22. The second kappa shape index (κ2) is 7.77. The second-order valence-electron chi connectivity index (χ2n) is 5.63. The molecule has 2 N–H and O–H groups in total. The van der Waals surface area contributed by atoms with Gasteiger partial charge in [0.2, 0.25) is 0 Å². The molecule has 146 valence electrons. The lowest BCUT2D eigenvalue weighted by molar-refractivity contribution is -0.136. The van der Waals surface area contributed by atoms with Crippen molar-refractivity contribution >= 4 is 33.2 Å². The molecule has 0 saturated heterocycles. The van der Waals surface area contributed by atoms with Crippen LogP contribution in [0, 0.1) is 6.92 Å². The van der Waals surface area contributed by atoms with E-state index in [1.54, 1.807) is 13.8 Å². The summed E-state index contributed by atoms with van der Waals surface area (Å²) in [6.07, 6.45) is -4.80. The van der Waals surface area contributed by atoms with Crippen LogP contribution >= 0.6 is 11.6 Å². The van der Waals surface area contributed by atoms with E-state index in [0.29, 0.717) is 18.2 Å². The first kappa shape index (κ1) is 21.0. The van der Waals surface area contributed by atoms with Crippen molar-refractivity contribution in [2.24, 2.45) is 0 Å². The number of aryl methyl sites for hydroxylation is 1. The number of carbonyl (C=O) groups excluding carboxylic acids is 1. The van der Waals surface area contributed by atoms with Gasteiger partial charge in [-0.05, 0) is 49.7 Å². The zero-order valence-electron chi connectivity index (χ0n) is 14.3. The highest BCUT2D eigenvalue weighted by Crippen LogP contribution is 2.37. The van der Waals surface area contributed by atoms with Crippen molar-refractivity contribution in [1.29, 1.82) is 0 Å². The van der Waals surface area contributed by atoms with Gasteiger partial charge in [0.05, 0.1) is 16.1 Å². The quantitative estimate of drug-likeness (QED) is 0.760. The fourth-order valence-electron chi connectivity index (χ4n) is 2.31. The lowest BCUT2D eigenvalue weighted by Crippen LogP contribution is -2.24. The Hall–Kier alpha value is -2.26. The first-order valence-electron chi connectivity index (χ1n) is 7.74. The van der Waals surface area contributed by atoms with Crippen LogP contribution in [-0.4, -0.2) is 20.9 Å². The highest BCUT2D eigenvalue weighted by Gasteiger charge is 2.35. The van der Waals surface area contributed by atoms with Crippen molar-refractivity contribution in [2.45, 2.75) is 24.9 Å². The van der Waals surface area contributed by atoms with Crippen LogP contribution in [0.4, 0.5) is 18.9 Å². The number of nitrogens with one attached hydrogen (secondary N) is 2. The smallest absolute Gasteiger partial charge is 0.352 e. The number of hydrogen-bond acceptors (Lipinski definition) is 3. The Labute approximate surface area is 159 Å². The largest absolute Gasteiger partial charge is 0.418 e. The minimum Gasteiger partial charge on any atom is -0.352 e. The molecule has 0 aliphatic heterocycles. The minimum atomic E-state index is -4.80. The number of amides is 1. The zero-order chi connectivity index (χ0) is 20.4. The van der Waals surface area contributed by atoms with Gasteiger partial charge in [0.15, 0.2) is 0 Å². The van der Waals surface area contributed by atoms with Crippen LogP contribution in [-0.2, 0) is 16.2 Å². The number of sulfonamides is 1. The number of rotatable bonds is 5. The molecule has 0 bridgehead atoms.